The van der Waals surface area contributed by atoms with Crippen LogP contribution in [0.1, 0.15) is 32.3 Å². The Bertz CT molecular complexity index is 481. The number of benzene rings is 1. The van der Waals surface area contributed by atoms with E-state index in [0.29, 0.717) is 6.42 Å². The second-order valence-electron chi connectivity index (χ2n) is 5.07. The summed E-state index contributed by atoms with van der Waals surface area (Å²) in [7, 11) is 0. The van der Waals surface area contributed by atoms with Crippen molar-refractivity contribution in [2.75, 3.05) is 4.90 Å². The summed E-state index contributed by atoms with van der Waals surface area (Å²) < 4.78 is 0. The Morgan fingerprint density at radius 2 is 1.84 bits per heavy atom. The van der Waals surface area contributed by atoms with Gasteiger partial charge in [0, 0.05) is 5.69 Å². The molecule has 0 radical (unpaired) electrons. The minimum absolute atomic E-state index is 0.0159. The van der Waals surface area contributed by atoms with Gasteiger partial charge in [0.05, 0.1) is 0 Å². The Balaban J connectivity index is 2.32. The molecule has 4 nitrogen and oxygen atoms in total. The molecule has 0 aliphatic carbocycles. The summed E-state index contributed by atoms with van der Waals surface area (Å²) in [5.41, 5.74) is 1.93. The Hall–Kier alpha value is -1.84. The number of piperazine rings is 1. The van der Waals surface area contributed by atoms with E-state index < -0.39 is 12.1 Å². The van der Waals surface area contributed by atoms with Gasteiger partial charge < -0.3 is 5.32 Å². The summed E-state index contributed by atoms with van der Waals surface area (Å²) in [4.78, 5) is 26.0. The van der Waals surface area contributed by atoms with Gasteiger partial charge in [0.1, 0.15) is 12.1 Å². The van der Waals surface area contributed by atoms with Gasteiger partial charge in [0.15, 0.2) is 0 Å². The van der Waals surface area contributed by atoms with Gasteiger partial charge in [0.2, 0.25) is 11.8 Å². The van der Waals surface area contributed by atoms with Gasteiger partial charge in [-0.05, 0) is 32.4 Å². The number of carbonyl (C=O) groups excluding carboxylic acids is 2. The third-order valence-electron chi connectivity index (χ3n) is 3.51. The van der Waals surface area contributed by atoms with E-state index in [1.165, 1.54) is 0 Å². The molecule has 0 bridgehead atoms. The van der Waals surface area contributed by atoms with Crippen LogP contribution in [-0.2, 0) is 9.59 Å². The van der Waals surface area contributed by atoms with E-state index in [9.17, 15) is 9.59 Å². The van der Waals surface area contributed by atoms with Gasteiger partial charge in [-0.1, -0.05) is 31.0 Å². The van der Waals surface area contributed by atoms with Crippen LogP contribution in [0.5, 0.6) is 0 Å². The molecule has 1 saturated heterocycles. The molecule has 2 amide bonds. The lowest BCUT2D eigenvalue weighted by Gasteiger charge is -2.37. The fourth-order valence-corrected chi connectivity index (χ4v) is 2.37. The standard InChI is InChI=1S/C15H20N2O2/c1-4-5-13-15(19)17(11(3)14(18)16-13)12-8-6-10(2)7-9-12/h6-9,11,13H,4-5H2,1-3H3,(H,16,18). The first kappa shape index (κ1) is 13.6. The largest absolute Gasteiger partial charge is 0.342 e. The molecule has 1 heterocycles. The minimum Gasteiger partial charge on any atom is -0.342 e. The molecule has 0 aromatic heterocycles. The van der Waals surface area contributed by atoms with Crippen LogP contribution < -0.4 is 10.2 Å². The molecule has 1 aromatic rings. The molecule has 1 fully saturated rings. The first-order valence-corrected chi connectivity index (χ1v) is 6.74. The van der Waals surface area contributed by atoms with Crippen LogP contribution in [0.4, 0.5) is 5.69 Å². The second kappa shape index (κ2) is 5.43. The topological polar surface area (TPSA) is 49.4 Å². The number of amides is 2. The highest BCUT2D eigenvalue weighted by Gasteiger charge is 2.38. The van der Waals surface area contributed by atoms with Crippen molar-refractivity contribution in [2.24, 2.45) is 0 Å². The number of anilines is 1. The van der Waals surface area contributed by atoms with Crippen LogP contribution >= 0.6 is 0 Å². The average Bonchev–Trinajstić information content (AvgIpc) is 2.39. The lowest BCUT2D eigenvalue weighted by Crippen LogP contribution is -2.62. The fourth-order valence-electron chi connectivity index (χ4n) is 2.37. The first-order valence-electron chi connectivity index (χ1n) is 6.74. The number of aryl methyl sites for hydroxylation is 1. The van der Waals surface area contributed by atoms with Crippen LogP contribution in [0.3, 0.4) is 0 Å². The van der Waals surface area contributed by atoms with Gasteiger partial charge in [-0.2, -0.15) is 0 Å². The van der Waals surface area contributed by atoms with E-state index >= 15 is 0 Å². The molecule has 0 spiro atoms. The Morgan fingerprint density at radius 1 is 1.21 bits per heavy atom. The van der Waals surface area contributed by atoms with Crippen molar-refractivity contribution >= 4 is 17.5 Å². The monoisotopic (exact) mass is 260 g/mol. The number of nitrogens with zero attached hydrogens (tertiary/aromatic N) is 1. The summed E-state index contributed by atoms with van der Waals surface area (Å²) in [6.07, 6.45) is 1.55. The first-order chi connectivity index (χ1) is 9.04. The van der Waals surface area contributed by atoms with E-state index in [1.54, 1.807) is 11.8 Å². The molecule has 102 valence electrons. The van der Waals surface area contributed by atoms with Crippen molar-refractivity contribution in [3.8, 4) is 0 Å². The van der Waals surface area contributed by atoms with E-state index in [0.717, 1.165) is 17.7 Å². The second-order valence-corrected chi connectivity index (χ2v) is 5.07. The van der Waals surface area contributed by atoms with Crippen LogP contribution in [0.15, 0.2) is 24.3 Å². The van der Waals surface area contributed by atoms with Crippen molar-refractivity contribution in [1.29, 1.82) is 0 Å². The number of carbonyl (C=O) groups is 2. The number of nitrogens with one attached hydrogen (secondary N) is 1. The molecule has 1 aromatic carbocycles. The number of rotatable bonds is 3. The van der Waals surface area contributed by atoms with Crippen LogP contribution in [0.25, 0.3) is 0 Å². The van der Waals surface area contributed by atoms with E-state index in [2.05, 4.69) is 5.32 Å². The molecule has 0 saturated carbocycles. The highest BCUT2D eigenvalue weighted by Crippen LogP contribution is 2.23. The van der Waals surface area contributed by atoms with Gasteiger partial charge in [-0.3, -0.25) is 14.5 Å². The molecule has 1 N–H and O–H groups in total. The zero-order valence-electron chi connectivity index (χ0n) is 11.6. The van der Waals surface area contributed by atoms with Crippen molar-refractivity contribution in [1.82, 2.24) is 5.32 Å². The van der Waals surface area contributed by atoms with Crippen LogP contribution in [0.2, 0.25) is 0 Å². The van der Waals surface area contributed by atoms with Gasteiger partial charge in [-0.15, -0.1) is 0 Å². The summed E-state index contributed by atoms with van der Waals surface area (Å²) in [6, 6.07) is 6.85. The predicted octanol–water partition coefficient (Wildman–Crippen LogP) is 2.02. The highest BCUT2D eigenvalue weighted by molar-refractivity contribution is 6.08. The zero-order valence-corrected chi connectivity index (χ0v) is 11.6. The smallest absolute Gasteiger partial charge is 0.250 e. The molecule has 19 heavy (non-hydrogen) atoms. The van der Waals surface area contributed by atoms with Crippen molar-refractivity contribution in [3.63, 3.8) is 0 Å². The summed E-state index contributed by atoms with van der Waals surface area (Å²) >= 11 is 0. The molecule has 4 heteroatoms. The molecular formula is C15H20N2O2. The summed E-state index contributed by atoms with van der Waals surface area (Å²) in [6.45, 7) is 5.76. The van der Waals surface area contributed by atoms with Crippen LogP contribution in [-0.4, -0.2) is 23.9 Å². The predicted molar refractivity (Wildman–Crippen MR) is 75.0 cm³/mol. The number of hydrogen-bond donors (Lipinski definition) is 1. The minimum atomic E-state index is -0.455. The SMILES string of the molecule is CCCC1NC(=O)C(C)N(c2ccc(C)cc2)C1=O. The summed E-state index contributed by atoms with van der Waals surface area (Å²) in [5, 5.41) is 2.80. The molecule has 2 atom stereocenters. The van der Waals surface area contributed by atoms with Crippen molar-refractivity contribution in [3.05, 3.63) is 29.8 Å². The maximum atomic E-state index is 12.5. The number of hydrogen-bond acceptors (Lipinski definition) is 2. The molecule has 2 rings (SSSR count). The lowest BCUT2D eigenvalue weighted by molar-refractivity contribution is -0.133. The highest BCUT2D eigenvalue weighted by atomic mass is 16.2. The van der Waals surface area contributed by atoms with E-state index in [4.69, 9.17) is 0 Å². The molecule has 1 aliphatic heterocycles. The average molecular weight is 260 g/mol. The summed E-state index contributed by atoms with van der Waals surface area (Å²) in [5.74, 6) is -0.101. The Kier molecular flexibility index (Phi) is 3.88. The molecule has 2 unspecified atom stereocenters. The van der Waals surface area contributed by atoms with E-state index in [1.807, 2.05) is 38.1 Å². The van der Waals surface area contributed by atoms with Crippen LogP contribution in [0, 0.1) is 6.92 Å². The quantitative estimate of drug-likeness (QED) is 0.904. The third kappa shape index (κ3) is 2.62. The Labute approximate surface area is 113 Å². The maximum Gasteiger partial charge on any atom is 0.250 e. The third-order valence-corrected chi connectivity index (χ3v) is 3.51. The van der Waals surface area contributed by atoms with Crippen molar-refractivity contribution in [2.45, 2.75) is 45.7 Å². The Morgan fingerprint density at radius 3 is 2.42 bits per heavy atom. The normalized spacial score (nSPS) is 23.4. The lowest BCUT2D eigenvalue weighted by atomic mass is 10.0. The van der Waals surface area contributed by atoms with Gasteiger partial charge >= 0.3 is 0 Å². The van der Waals surface area contributed by atoms with Crippen molar-refractivity contribution < 1.29 is 9.59 Å². The molecule has 1 aliphatic rings. The molecular weight excluding hydrogens is 240 g/mol. The van der Waals surface area contributed by atoms with E-state index in [-0.39, 0.29) is 11.8 Å². The fraction of sp³-hybridized carbons (Fsp3) is 0.467. The zero-order chi connectivity index (χ0) is 14.0. The van der Waals surface area contributed by atoms with Gasteiger partial charge in [0.25, 0.3) is 0 Å². The van der Waals surface area contributed by atoms with Gasteiger partial charge in [-0.25, -0.2) is 0 Å². The maximum absolute atomic E-state index is 12.5.